The van der Waals surface area contributed by atoms with Gasteiger partial charge in [-0.15, -0.1) is 0 Å². The minimum absolute atomic E-state index is 0.218. The summed E-state index contributed by atoms with van der Waals surface area (Å²) in [5, 5.41) is 17.8. The van der Waals surface area contributed by atoms with Gasteiger partial charge in [0.15, 0.2) is 0 Å². The van der Waals surface area contributed by atoms with E-state index in [1.165, 1.54) is 0 Å². The molecule has 1 aliphatic heterocycles. The number of likely N-dealkylation sites (tertiary alicyclic amines) is 1. The van der Waals surface area contributed by atoms with Crippen molar-refractivity contribution in [2.45, 2.75) is 18.6 Å². The summed E-state index contributed by atoms with van der Waals surface area (Å²) in [6.45, 7) is -0.436. The lowest BCUT2D eigenvalue weighted by molar-refractivity contribution is -0.142. The molecule has 4 nitrogen and oxygen atoms in total. The highest BCUT2D eigenvalue weighted by Gasteiger charge is 2.35. The summed E-state index contributed by atoms with van der Waals surface area (Å²) in [5.74, 6) is -1.34. The van der Waals surface area contributed by atoms with Crippen molar-refractivity contribution in [1.29, 1.82) is 0 Å². The first-order valence-corrected chi connectivity index (χ1v) is 3.45. The molecule has 1 fully saturated rings. The van der Waals surface area contributed by atoms with Gasteiger partial charge in [-0.05, 0) is 0 Å². The number of β-amino-alcohol motifs (C(OH)–C–C–N with tert-alkyl or cyclic N) is 2. The lowest BCUT2D eigenvalue weighted by Gasteiger charge is -2.13. The fraction of sp³-hybridized carbons (Fsp3) is 0.833. The molecule has 0 bridgehead atoms. The predicted molar refractivity (Wildman–Crippen MR) is 34.6 cm³/mol. The molecule has 1 rings (SSSR count). The average molecular weight is 181 g/mol. The van der Waals surface area contributed by atoms with Crippen molar-refractivity contribution in [3.05, 3.63) is 0 Å². The Kier molecular flexibility index (Phi) is 2.58. The van der Waals surface area contributed by atoms with Crippen LogP contribution in [0.3, 0.4) is 0 Å². The highest BCUT2D eigenvalue weighted by Crippen LogP contribution is 2.12. The van der Waals surface area contributed by atoms with E-state index in [2.05, 4.69) is 0 Å². The molecule has 70 valence electrons. The number of carbonyl (C=O) groups is 1. The van der Waals surface area contributed by atoms with Gasteiger partial charge < -0.3 is 15.1 Å². The van der Waals surface area contributed by atoms with Crippen LogP contribution in [-0.4, -0.2) is 52.7 Å². The molecule has 0 saturated carbocycles. The van der Waals surface area contributed by atoms with Gasteiger partial charge in [0.25, 0.3) is 5.91 Å². The zero-order valence-electron chi connectivity index (χ0n) is 6.15. The van der Waals surface area contributed by atoms with Gasteiger partial charge >= 0.3 is 6.43 Å². The summed E-state index contributed by atoms with van der Waals surface area (Å²) < 4.78 is 23.6. The van der Waals surface area contributed by atoms with Crippen molar-refractivity contribution in [1.82, 2.24) is 4.90 Å². The fourth-order valence-electron chi connectivity index (χ4n) is 1.09. The van der Waals surface area contributed by atoms with E-state index < -0.39 is 24.5 Å². The molecule has 0 spiro atoms. The molecule has 1 amide bonds. The second kappa shape index (κ2) is 3.32. The molecule has 0 aromatic rings. The van der Waals surface area contributed by atoms with Crippen LogP contribution in [0.5, 0.6) is 0 Å². The van der Waals surface area contributed by atoms with Gasteiger partial charge in [0.1, 0.15) is 0 Å². The van der Waals surface area contributed by atoms with E-state index in [1.54, 1.807) is 0 Å². The van der Waals surface area contributed by atoms with E-state index in [0.717, 1.165) is 4.90 Å². The van der Waals surface area contributed by atoms with Crippen LogP contribution in [0.25, 0.3) is 0 Å². The highest BCUT2D eigenvalue weighted by molar-refractivity contribution is 5.79. The van der Waals surface area contributed by atoms with Crippen LogP contribution < -0.4 is 0 Å². The third-order valence-corrected chi connectivity index (χ3v) is 1.76. The van der Waals surface area contributed by atoms with Crippen LogP contribution in [0, 0.1) is 0 Å². The Labute approximate surface area is 67.4 Å². The number of carbonyl (C=O) groups excluding carboxylic acids is 1. The van der Waals surface area contributed by atoms with Crippen molar-refractivity contribution < 1.29 is 23.8 Å². The van der Waals surface area contributed by atoms with E-state index in [-0.39, 0.29) is 13.1 Å². The molecule has 0 aromatic carbocycles. The van der Waals surface area contributed by atoms with E-state index in [9.17, 15) is 13.6 Å². The fourth-order valence-corrected chi connectivity index (χ4v) is 1.09. The third-order valence-electron chi connectivity index (χ3n) is 1.76. The average Bonchev–Trinajstić information content (AvgIpc) is 2.30. The minimum atomic E-state index is -3.07. The van der Waals surface area contributed by atoms with Crippen molar-refractivity contribution in [3.8, 4) is 0 Å². The van der Waals surface area contributed by atoms with Crippen LogP contribution in [0.15, 0.2) is 0 Å². The molecule has 1 heterocycles. The number of halogens is 2. The van der Waals surface area contributed by atoms with E-state index in [0.29, 0.717) is 0 Å². The summed E-state index contributed by atoms with van der Waals surface area (Å²) in [6.07, 6.45) is -5.28. The minimum Gasteiger partial charge on any atom is -0.388 e. The standard InChI is InChI=1S/C6H9F2NO3/c7-5(8)6(12)9-1-3(10)4(11)2-9/h3-5,10-11H,1-2H2. The molecule has 1 saturated heterocycles. The van der Waals surface area contributed by atoms with Crippen molar-refractivity contribution in [3.63, 3.8) is 0 Å². The normalized spacial score (nSPS) is 29.9. The third kappa shape index (κ3) is 1.70. The maximum absolute atomic E-state index is 11.8. The zero-order chi connectivity index (χ0) is 9.30. The van der Waals surface area contributed by atoms with E-state index in [4.69, 9.17) is 10.2 Å². The van der Waals surface area contributed by atoms with Crippen LogP contribution in [0.2, 0.25) is 0 Å². The number of amides is 1. The van der Waals surface area contributed by atoms with Gasteiger partial charge in [-0.25, -0.2) is 0 Å². The van der Waals surface area contributed by atoms with Crippen molar-refractivity contribution in [2.24, 2.45) is 0 Å². The number of aliphatic hydroxyl groups excluding tert-OH is 2. The number of alkyl halides is 2. The Balaban J connectivity index is 2.52. The van der Waals surface area contributed by atoms with E-state index in [1.807, 2.05) is 0 Å². The Bertz CT molecular complexity index is 178. The molecule has 2 unspecified atom stereocenters. The van der Waals surface area contributed by atoms with Gasteiger partial charge in [0, 0.05) is 13.1 Å². The van der Waals surface area contributed by atoms with Gasteiger partial charge in [-0.2, -0.15) is 8.78 Å². The first-order chi connectivity index (χ1) is 5.52. The number of rotatable bonds is 1. The molecular formula is C6H9F2NO3. The van der Waals surface area contributed by atoms with E-state index >= 15 is 0 Å². The zero-order valence-corrected chi connectivity index (χ0v) is 6.15. The monoisotopic (exact) mass is 181 g/mol. The summed E-state index contributed by atoms with van der Waals surface area (Å²) in [4.78, 5) is 11.3. The van der Waals surface area contributed by atoms with Crippen LogP contribution in [0.1, 0.15) is 0 Å². The Morgan fingerprint density at radius 1 is 1.33 bits per heavy atom. The quantitative estimate of drug-likeness (QED) is 0.535. The molecule has 0 aromatic heterocycles. The topological polar surface area (TPSA) is 60.8 Å². The second-order valence-corrected chi connectivity index (χ2v) is 2.68. The van der Waals surface area contributed by atoms with Crippen LogP contribution >= 0.6 is 0 Å². The largest absolute Gasteiger partial charge is 0.388 e. The maximum atomic E-state index is 11.8. The molecule has 0 radical (unpaired) electrons. The second-order valence-electron chi connectivity index (χ2n) is 2.68. The van der Waals surface area contributed by atoms with Gasteiger partial charge in [0.05, 0.1) is 12.2 Å². The molecule has 12 heavy (non-hydrogen) atoms. The van der Waals surface area contributed by atoms with Gasteiger partial charge in [-0.3, -0.25) is 4.79 Å². The molecule has 6 heteroatoms. The van der Waals surface area contributed by atoms with Crippen molar-refractivity contribution >= 4 is 5.91 Å². The van der Waals surface area contributed by atoms with Gasteiger partial charge in [0.2, 0.25) is 0 Å². The van der Waals surface area contributed by atoms with Crippen LogP contribution in [0.4, 0.5) is 8.78 Å². The summed E-state index contributed by atoms with van der Waals surface area (Å²) >= 11 is 0. The summed E-state index contributed by atoms with van der Waals surface area (Å²) in [6, 6.07) is 0. The van der Waals surface area contributed by atoms with Crippen LogP contribution in [-0.2, 0) is 4.79 Å². The first kappa shape index (κ1) is 9.34. The Morgan fingerprint density at radius 3 is 2.08 bits per heavy atom. The maximum Gasteiger partial charge on any atom is 0.315 e. The molecule has 0 aliphatic carbocycles. The Hall–Kier alpha value is -0.750. The molecule has 2 atom stereocenters. The number of hydrogen-bond acceptors (Lipinski definition) is 3. The lowest BCUT2D eigenvalue weighted by Crippen LogP contribution is -2.34. The van der Waals surface area contributed by atoms with Gasteiger partial charge in [-0.1, -0.05) is 0 Å². The number of aliphatic hydroxyl groups is 2. The number of hydrogen-bond donors (Lipinski definition) is 2. The molecular weight excluding hydrogens is 172 g/mol. The predicted octanol–water partition coefficient (Wildman–Crippen LogP) is -1.18. The molecule has 1 aliphatic rings. The highest BCUT2D eigenvalue weighted by atomic mass is 19.3. The Morgan fingerprint density at radius 2 is 1.75 bits per heavy atom. The first-order valence-electron chi connectivity index (χ1n) is 3.45. The summed E-state index contributed by atoms with van der Waals surface area (Å²) in [5.41, 5.74) is 0. The van der Waals surface area contributed by atoms with Crippen molar-refractivity contribution in [2.75, 3.05) is 13.1 Å². The SMILES string of the molecule is O=C(C(F)F)N1CC(O)C(O)C1. The summed E-state index contributed by atoms with van der Waals surface area (Å²) in [7, 11) is 0. The lowest BCUT2D eigenvalue weighted by atomic mass is 10.3. The number of nitrogens with zero attached hydrogens (tertiary/aromatic N) is 1. The molecule has 2 N–H and O–H groups in total. The smallest absolute Gasteiger partial charge is 0.315 e.